The van der Waals surface area contributed by atoms with Crippen LogP contribution in [0.1, 0.15) is 32.8 Å². The maximum atomic E-state index is 13.6. The van der Waals surface area contributed by atoms with Gasteiger partial charge in [-0.15, -0.1) is 0 Å². The molecule has 0 unspecified atom stereocenters. The van der Waals surface area contributed by atoms with Crippen LogP contribution in [-0.2, 0) is 4.74 Å². The van der Waals surface area contributed by atoms with Crippen LogP contribution in [0.15, 0.2) is 18.3 Å². The van der Waals surface area contributed by atoms with Crippen LogP contribution in [0.2, 0.25) is 5.15 Å². The van der Waals surface area contributed by atoms with E-state index in [1.807, 2.05) is 20.8 Å². The van der Waals surface area contributed by atoms with Crippen LogP contribution in [0.5, 0.6) is 0 Å². The van der Waals surface area contributed by atoms with Gasteiger partial charge in [-0.3, -0.25) is 0 Å². The zero-order valence-electron chi connectivity index (χ0n) is 13.5. The number of carbonyl (C=O) groups excluding carboxylic acids is 1. The maximum absolute atomic E-state index is 13.6. The standard InChI is InChI=1S/C17H20ClFN2O2/c1-17(2,3)23-16(22)21-8-12-4-10(5-13(12)9-21)11-6-14(19)15(18)20-7-11/h4,6-7,12-13H,5,8-9H2,1-3H3/t12-,13+/m1/s1. The van der Waals surface area contributed by atoms with Crippen LogP contribution in [0, 0.1) is 17.7 Å². The summed E-state index contributed by atoms with van der Waals surface area (Å²) in [5.41, 5.74) is 1.36. The van der Waals surface area contributed by atoms with Gasteiger partial charge in [0.2, 0.25) is 0 Å². The highest BCUT2D eigenvalue weighted by Gasteiger charge is 2.39. The molecular formula is C17H20ClFN2O2. The summed E-state index contributed by atoms with van der Waals surface area (Å²) in [6.45, 7) is 6.90. The van der Waals surface area contributed by atoms with Crippen LogP contribution in [0.4, 0.5) is 9.18 Å². The molecule has 6 heteroatoms. The molecule has 23 heavy (non-hydrogen) atoms. The Hall–Kier alpha value is -1.62. The van der Waals surface area contributed by atoms with Crippen molar-refractivity contribution in [2.75, 3.05) is 13.1 Å². The fourth-order valence-electron chi connectivity index (χ4n) is 3.20. The number of halogens is 2. The zero-order valence-corrected chi connectivity index (χ0v) is 14.2. The van der Waals surface area contributed by atoms with E-state index >= 15 is 0 Å². The van der Waals surface area contributed by atoms with E-state index in [9.17, 15) is 9.18 Å². The van der Waals surface area contributed by atoms with Crippen molar-refractivity contribution in [1.29, 1.82) is 0 Å². The van der Waals surface area contributed by atoms with Gasteiger partial charge in [0, 0.05) is 19.3 Å². The third-order valence-corrected chi connectivity index (χ3v) is 4.49. The zero-order chi connectivity index (χ0) is 16.8. The predicted molar refractivity (Wildman–Crippen MR) is 86.6 cm³/mol. The van der Waals surface area contributed by atoms with E-state index < -0.39 is 11.4 Å². The fraction of sp³-hybridized carbons (Fsp3) is 0.529. The van der Waals surface area contributed by atoms with Gasteiger partial charge in [0.1, 0.15) is 5.60 Å². The molecule has 2 aliphatic rings. The first-order valence-electron chi connectivity index (χ1n) is 7.73. The molecular weight excluding hydrogens is 319 g/mol. The molecule has 1 aliphatic carbocycles. The lowest BCUT2D eigenvalue weighted by Gasteiger charge is -2.24. The molecule has 1 amide bonds. The minimum absolute atomic E-state index is 0.108. The third kappa shape index (κ3) is 3.50. The summed E-state index contributed by atoms with van der Waals surface area (Å²) in [5.74, 6) is 0.144. The van der Waals surface area contributed by atoms with Crippen molar-refractivity contribution in [2.45, 2.75) is 32.8 Å². The van der Waals surface area contributed by atoms with Gasteiger partial charge in [-0.25, -0.2) is 14.2 Å². The van der Waals surface area contributed by atoms with E-state index in [0.717, 1.165) is 17.6 Å². The number of rotatable bonds is 1. The molecule has 4 nitrogen and oxygen atoms in total. The molecule has 1 aromatic rings. The number of hydrogen-bond acceptors (Lipinski definition) is 3. The third-order valence-electron chi connectivity index (χ3n) is 4.21. The first kappa shape index (κ1) is 16.2. The summed E-state index contributed by atoms with van der Waals surface area (Å²) in [5, 5.41) is -0.108. The number of amides is 1. The average Bonchev–Trinajstić information content (AvgIpc) is 2.98. The quantitative estimate of drug-likeness (QED) is 0.722. The number of allylic oxidation sites excluding steroid dienone is 1. The minimum Gasteiger partial charge on any atom is -0.444 e. The number of likely N-dealkylation sites (tertiary alicyclic amines) is 1. The Kier molecular flexibility index (Phi) is 4.08. The molecule has 1 aliphatic heterocycles. The molecule has 124 valence electrons. The van der Waals surface area contributed by atoms with E-state index in [2.05, 4.69) is 11.1 Å². The molecule has 0 aromatic carbocycles. The molecule has 2 atom stereocenters. The van der Waals surface area contributed by atoms with Gasteiger partial charge in [0.15, 0.2) is 11.0 Å². The molecule has 1 fully saturated rings. The molecule has 3 rings (SSSR count). The monoisotopic (exact) mass is 338 g/mol. The number of ether oxygens (including phenoxy) is 1. The average molecular weight is 339 g/mol. The van der Waals surface area contributed by atoms with Crippen molar-refractivity contribution in [3.05, 3.63) is 34.9 Å². The van der Waals surface area contributed by atoms with Crippen LogP contribution in [0.3, 0.4) is 0 Å². The molecule has 1 aromatic heterocycles. The summed E-state index contributed by atoms with van der Waals surface area (Å²) >= 11 is 5.63. The van der Waals surface area contributed by atoms with Gasteiger partial charge in [0.05, 0.1) is 0 Å². The van der Waals surface area contributed by atoms with E-state index in [1.54, 1.807) is 11.1 Å². The number of aromatic nitrogens is 1. The van der Waals surface area contributed by atoms with Crippen molar-refractivity contribution in [3.63, 3.8) is 0 Å². The largest absolute Gasteiger partial charge is 0.444 e. The summed E-state index contributed by atoms with van der Waals surface area (Å²) < 4.78 is 19.0. The lowest BCUT2D eigenvalue weighted by atomic mass is 9.99. The van der Waals surface area contributed by atoms with Gasteiger partial charge in [0.25, 0.3) is 0 Å². The number of carbonyl (C=O) groups is 1. The Morgan fingerprint density at radius 3 is 2.78 bits per heavy atom. The van der Waals surface area contributed by atoms with Gasteiger partial charge in [-0.05, 0) is 56.2 Å². The normalized spacial score (nSPS) is 23.7. The number of hydrogen-bond donors (Lipinski definition) is 0. The Morgan fingerprint density at radius 2 is 2.17 bits per heavy atom. The van der Waals surface area contributed by atoms with E-state index in [0.29, 0.717) is 19.0 Å². The molecule has 0 bridgehead atoms. The molecule has 2 heterocycles. The van der Waals surface area contributed by atoms with E-state index in [4.69, 9.17) is 16.3 Å². The summed E-state index contributed by atoms with van der Waals surface area (Å²) in [4.78, 5) is 17.8. The summed E-state index contributed by atoms with van der Waals surface area (Å²) in [7, 11) is 0. The summed E-state index contributed by atoms with van der Waals surface area (Å²) in [6.07, 6.45) is 4.27. The van der Waals surface area contributed by atoms with Crippen LogP contribution < -0.4 is 0 Å². The second kappa shape index (κ2) is 5.78. The highest BCUT2D eigenvalue weighted by molar-refractivity contribution is 6.29. The Balaban J connectivity index is 1.68. The molecule has 0 saturated carbocycles. The maximum Gasteiger partial charge on any atom is 0.410 e. The molecule has 1 saturated heterocycles. The van der Waals surface area contributed by atoms with Gasteiger partial charge >= 0.3 is 6.09 Å². The van der Waals surface area contributed by atoms with Crippen LogP contribution in [0.25, 0.3) is 5.57 Å². The second-order valence-electron chi connectivity index (χ2n) is 7.20. The SMILES string of the molecule is CC(C)(C)OC(=O)N1C[C@@H]2CC(c3cnc(Cl)c(F)c3)=C[C@@H]2C1. The second-order valence-corrected chi connectivity index (χ2v) is 7.56. The van der Waals surface area contributed by atoms with E-state index in [1.165, 1.54) is 6.07 Å². The van der Waals surface area contributed by atoms with Crippen molar-refractivity contribution >= 4 is 23.3 Å². The van der Waals surface area contributed by atoms with Crippen molar-refractivity contribution in [3.8, 4) is 0 Å². The minimum atomic E-state index is -0.502. The van der Waals surface area contributed by atoms with Crippen molar-refractivity contribution < 1.29 is 13.9 Å². The number of fused-ring (bicyclic) bond motifs is 1. The van der Waals surface area contributed by atoms with Gasteiger partial charge < -0.3 is 9.64 Å². The lowest BCUT2D eigenvalue weighted by molar-refractivity contribution is 0.0285. The molecule has 0 spiro atoms. The van der Waals surface area contributed by atoms with E-state index in [-0.39, 0.29) is 17.2 Å². The fourth-order valence-corrected chi connectivity index (χ4v) is 3.30. The van der Waals surface area contributed by atoms with Gasteiger partial charge in [-0.1, -0.05) is 17.7 Å². The molecule has 0 N–H and O–H groups in total. The number of pyridine rings is 1. The lowest BCUT2D eigenvalue weighted by Crippen LogP contribution is -2.35. The highest BCUT2D eigenvalue weighted by atomic mass is 35.5. The summed E-state index contributed by atoms with van der Waals surface area (Å²) in [6, 6.07) is 1.42. The highest BCUT2D eigenvalue weighted by Crippen LogP contribution is 2.41. The van der Waals surface area contributed by atoms with Crippen LogP contribution in [-0.4, -0.2) is 34.7 Å². The topological polar surface area (TPSA) is 42.4 Å². The molecule has 0 radical (unpaired) electrons. The first-order chi connectivity index (χ1) is 10.7. The van der Waals surface area contributed by atoms with Gasteiger partial charge in [-0.2, -0.15) is 0 Å². The van der Waals surface area contributed by atoms with Crippen molar-refractivity contribution in [1.82, 2.24) is 9.88 Å². The predicted octanol–water partition coefficient (Wildman–Crippen LogP) is 4.14. The van der Waals surface area contributed by atoms with Crippen molar-refractivity contribution in [2.24, 2.45) is 11.8 Å². The van der Waals surface area contributed by atoms with Crippen LogP contribution >= 0.6 is 11.6 Å². The first-order valence-corrected chi connectivity index (χ1v) is 8.11. The smallest absolute Gasteiger partial charge is 0.410 e. The Morgan fingerprint density at radius 1 is 1.43 bits per heavy atom. The number of nitrogens with zero attached hydrogens (tertiary/aromatic N) is 2. The Labute approximate surface area is 140 Å². The Bertz CT molecular complexity index is 669.